The Morgan fingerprint density at radius 1 is 1.19 bits per heavy atom. The van der Waals surface area contributed by atoms with E-state index >= 15 is 0 Å². The molecule has 1 heterocycles. The number of pyridine rings is 1. The lowest BCUT2D eigenvalue weighted by atomic mass is 9.98. The van der Waals surface area contributed by atoms with E-state index in [1.807, 2.05) is 32.2 Å². The number of benzene rings is 1. The van der Waals surface area contributed by atoms with Gasteiger partial charge in [0.1, 0.15) is 5.75 Å². The topological polar surface area (TPSA) is 34.1 Å². The molecule has 2 rings (SSSR count). The first kappa shape index (κ1) is 20.3. The minimum absolute atomic E-state index is 0.122. The molecule has 26 heavy (non-hydrogen) atoms. The van der Waals surface area contributed by atoms with Crippen LogP contribution in [0.2, 0.25) is 5.02 Å². The number of alkyl halides is 2. The maximum atomic E-state index is 14.1. The molecular formula is C20H23ClF2N2O. The van der Waals surface area contributed by atoms with Gasteiger partial charge in [-0.05, 0) is 43.8 Å². The highest BCUT2D eigenvalue weighted by Gasteiger charge is 2.35. The van der Waals surface area contributed by atoms with Gasteiger partial charge in [0.2, 0.25) is 5.88 Å². The van der Waals surface area contributed by atoms with E-state index in [-0.39, 0.29) is 22.4 Å². The number of nitrogens with one attached hydrogen (secondary N) is 1. The molecule has 0 aliphatic carbocycles. The fraction of sp³-hybridized carbons (Fsp3) is 0.350. The van der Waals surface area contributed by atoms with E-state index in [1.165, 1.54) is 32.0 Å². The van der Waals surface area contributed by atoms with E-state index in [0.717, 1.165) is 5.56 Å². The molecule has 0 unspecified atom stereocenters. The lowest BCUT2D eigenvalue weighted by molar-refractivity contribution is -0.0513. The van der Waals surface area contributed by atoms with Gasteiger partial charge >= 0.3 is 0 Å². The maximum Gasteiger partial charge on any atom is 0.275 e. The van der Waals surface area contributed by atoms with Gasteiger partial charge in [-0.15, -0.1) is 0 Å². The molecule has 0 bridgehead atoms. The molecule has 140 valence electrons. The van der Waals surface area contributed by atoms with Crippen molar-refractivity contribution in [3.63, 3.8) is 0 Å². The summed E-state index contributed by atoms with van der Waals surface area (Å²) in [5.74, 6) is -3.14. The number of halogens is 3. The molecule has 6 heteroatoms. The standard InChI is InChI=1S/C20H23ClF2N2O/c1-13(2)20(22,23)16-8-9-18(17(21)11-16)26-19-10-7-15(12-25-19)6-5-14(3)24-4/h5-14,24H,1-4H3/b6-5+/t14-/m0/s1. The van der Waals surface area contributed by atoms with Gasteiger partial charge in [0.25, 0.3) is 5.92 Å². The van der Waals surface area contributed by atoms with Gasteiger partial charge in [0.15, 0.2) is 0 Å². The summed E-state index contributed by atoms with van der Waals surface area (Å²) in [6.45, 7) is 4.97. The monoisotopic (exact) mass is 380 g/mol. The lowest BCUT2D eigenvalue weighted by Crippen LogP contribution is -2.20. The van der Waals surface area contributed by atoms with Crippen molar-refractivity contribution in [3.8, 4) is 11.6 Å². The van der Waals surface area contributed by atoms with Crippen LogP contribution in [0.3, 0.4) is 0 Å². The molecule has 0 saturated heterocycles. The van der Waals surface area contributed by atoms with Crippen LogP contribution in [-0.2, 0) is 5.92 Å². The second-order valence-electron chi connectivity index (χ2n) is 6.39. The summed E-state index contributed by atoms with van der Waals surface area (Å²) in [5, 5.41) is 3.23. The van der Waals surface area contributed by atoms with Crippen LogP contribution in [0.5, 0.6) is 11.6 Å². The molecule has 0 fully saturated rings. The van der Waals surface area contributed by atoms with Crippen molar-refractivity contribution in [2.24, 2.45) is 5.92 Å². The van der Waals surface area contributed by atoms with Crippen LogP contribution < -0.4 is 10.1 Å². The molecule has 3 nitrogen and oxygen atoms in total. The van der Waals surface area contributed by atoms with E-state index in [0.29, 0.717) is 5.88 Å². The molecule has 1 aromatic carbocycles. The minimum atomic E-state index is -2.95. The van der Waals surface area contributed by atoms with Gasteiger partial charge in [-0.1, -0.05) is 37.6 Å². The van der Waals surface area contributed by atoms with Gasteiger partial charge in [-0.3, -0.25) is 0 Å². The summed E-state index contributed by atoms with van der Waals surface area (Å²) in [6, 6.07) is 7.84. The number of nitrogens with zero attached hydrogens (tertiary/aromatic N) is 1. The van der Waals surface area contributed by atoms with Crippen LogP contribution in [0.1, 0.15) is 31.9 Å². The number of hydrogen-bond donors (Lipinski definition) is 1. The highest BCUT2D eigenvalue weighted by atomic mass is 35.5. The molecule has 0 aliphatic heterocycles. The van der Waals surface area contributed by atoms with Gasteiger partial charge in [-0.2, -0.15) is 0 Å². The summed E-state index contributed by atoms with van der Waals surface area (Å²) in [4.78, 5) is 4.22. The fourth-order valence-corrected chi connectivity index (χ4v) is 2.36. The normalized spacial score (nSPS) is 13.4. The Labute approximate surface area is 158 Å². The van der Waals surface area contributed by atoms with Crippen molar-refractivity contribution < 1.29 is 13.5 Å². The van der Waals surface area contributed by atoms with Crippen LogP contribution >= 0.6 is 11.6 Å². The molecule has 0 amide bonds. The summed E-state index contributed by atoms with van der Waals surface area (Å²) in [6.07, 6.45) is 5.64. The van der Waals surface area contributed by atoms with E-state index in [2.05, 4.69) is 10.3 Å². The predicted molar refractivity (Wildman–Crippen MR) is 102 cm³/mol. The second-order valence-corrected chi connectivity index (χ2v) is 6.80. The van der Waals surface area contributed by atoms with Crippen molar-refractivity contribution in [1.29, 1.82) is 0 Å². The predicted octanol–water partition coefficient (Wildman–Crippen LogP) is 5.90. The zero-order valence-corrected chi connectivity index (χ0v) is 16.0. The van der Waals surface area contributed by atoms with Gasteiger partial charge in [-0.25, -0.2) is 13.8 Å². The van der Waals surface area contributed by atoms with Crippen LogP contribution in [0.15, 0.2) is 42.6 Å². The first-order chi connectivity index (χ1) is 12.2. The molecule has 0 saturated carbocycles. The molecule has 0 spiro atoms. The quantitative estimate of drug-likeness (QED) is 0.649. The number of hydrogen-bond acceptors (Lipinski definition) is 3. The van der Waals surface area contributed by atoms with Gasteiger partial charge < -0.3 is 10.1 Å². The van der Waals surface area contributed by atoms with E-state index in [4.69, 9.17) is 16.3 Å². The van der Waals surface area contributed by atoms with Crippen molar-refractivity contribution in [2.75, 3.05) is 7.05 Å². The third kappa shape index (κ3) is 5.02. The van der Waals surface area contributed by atoms with Gasteiger partial charge in [0, 0.05) is 29.8 Å². The SMILES string of the molecule is CN[C@@H](C)/C=C/c1ccc(Oc2ccc(C(F)(F)C(C)C)cc2Cl)nc1. The third-order valence-corrected chi connectivity index (χ3v) is 4.34. The number of rotatable bonds is 7. The number of likely N-dealkylation sites (N-methyl/N-ethyl adjacent to an activating group) is 1. The molecule has 1 atom stereocenters. The van der Waals surface area contributed by atoms with E-state index in [9.17, 15) is 8.78 Å². The Bertz CT molecular complexity index is 761. The molecule has 0 aliphatic rings. The Morgan fingerprint density at radius 2 is 1.92 bits per heavy atom. The summed E-state index contributed by atoms with van der Waals surface area (Å²) in [7, 11) is 1.89. The minimum Gasteiger partial charge on any atom is -0.437 e. The maximum absolute atomic E-state index is 14.1. The summed E-state index contributed by atoms with van der Waals surface area (Å²) >= 11 is 6.12. The van der Waals surface area contributed by atoms with E-state index in [1.54, 1.807) is 12.3 Å². The lowest BCUT2D eigenvalue weighted by Gasteiger charge is -2.21. The van der Waals surface area contributed by atoms with Crippen molar-refractivity contribution >= 4 is 17.7 Å². The molecule has 2 aromatic rings. The smallest absolute Gasteiger partial charge is 0.275 e. The fourth-order valence-electron chi connectivity index (χ4n) is 2.14. The summed E-state index contributed by atoms with van der Waals surface area (Å²) in [5.41, 5.74) is 0.800. The molecule has 1 N–H and O–H groups in total. The van der Waals surface area contributed by atoms with Crippen LogP contribution in [0.4, 0.5) is 8.78 Å². The zero-order chi connectivity index (χ0) is 19.3. The average molecular weight is 381 g/mol. The zero-order valence-electron chi connectivity index (χ0n) is 15.3. The molecule has 1 aromatic heterocycles. The summed E-state index contributed by atoms with van der Waals surface area (Å²) < 4.78 is 33.8. The van der Waals surface area contributed by atoms with Crippen LogP contribution in [0, 0.1) is 5.92 Å². The van der Waals surface area contributed by atoms with Gasteiger partial charge in [0.05, 0.1) is 5.02 Å². The highest BCUT2D eigenvalue weighted by Crippen LogP contribution is 2.39. The van der Waals surface area contributed by atoms with Crippen molar-refractivity contribution in [3.05, 3.63) is 58.8 Å². The van der Waals surface area contributed by atoms with Crippen LogP contribution in [0.25, 0.3) is 6.08 Å². The second kappa shape index (κ2) is 8.60. The molecule has 0 radical (unpaired) electrons. The largest absolute Gasteiger partial charge is 0.437 e. The number of ether oxygens (including phenoxy) is 1. The third-order valence-electron chi connectivity index (χ3n) is 4.05. The van der Waals surface area contributed by atoms with Crippen LogP contribution in [-0.4, -0.2) is 18.1 Å². The first-order valence-corrected chi connectivity index (χ1v) is 8.79. The Kier molecular flexibility index (Phi) is 6.73. The average Bonchev–Trinajstić information content (AvgIpc) is 2.62. The Morgan fingerprint density at radius 3 is 2.46 bits per heavy atom. The van der Waals surface area contributed by atoms with Crippen molar-refractivity contribution in [2.45, 2.75) is 32.7 Å². The number of aromatic nitrogens is 1. The first-order valence-electron chi connectivity index (χ1n) is 8.41. The highest BCUT2D eigenvalue weighted by molar-refractivity contribution is 6.32. The molecular weight excluding hydrogens is 358 g/mol. The van der Waals surface area contributed by atoms with E-state index < -0.39 is 11.8 Å². The Balaban J connectivity index is 2.13. The van der Waals surface area contributed by atoms with Crippen molar-refractivity contribution in [1.82, 2.24) is 10.3 Å². The Hall–Kier alpha value is -1.98.